The number of aromatic nitrogens is 1. The summed E-state index contributed by atoms with van der Waals surface area (Å²) >= 11 is 0. The Balaban J connectivity index is 2.94. The minimum atomic E-state index is 0.466. The molecular formula is C17H30N2. The van der Waals surface area contributed by atoms with Gasteiger partial charge in [0.05, 0.1) is 0 Å². The van der Waals surface area contributed by atoms with Gasteiger partial charge < -0.3 is 5.32 Å². The highest BCUT2D eigenvalue weighted by molar-refractivity contribution is 5.25. The van der Waals surface area contributed by atoms with Gasteiger partial charge in [-0.25, -0.2) is 0 Å². The van der Waals surface area contributed by atoms with E-state index in [1.165, 1.54) is 43.2 Å². The van der Waals surface area contributed by atoms with Crippen LogP contribution in [-0.4, -0.2) is 11.5 Å². The lowest BCUT2D eigenvalue weighted by molar-refractivity contribution is 0.315. The maximum Gasteiger partial charge on any atom is 0.0366 e. The topological polar surface area (TPSA) is 24.9 Å². The summed E-state index contributed by atoms with van der Waals surface area (Å²) in [5.74, 6) is 0.726. The van der Waals surface area contributed by atoms with Crippen LogP contribution in [0.2, 0.25) is 0 Å². The van der Waals surface area contributed by atoms with E-state index >= 15 is 0 Å². The molecule has 0 aliphatic rings. The van der Waals surface area contributed by atoms with Crippen molar-refractivity contribution in [3.05, 3.63) is 29.6 Å². The third-order valence-corrected chi connectivity index (χ3v) is 3.82. The summed E-state index contributed by atoms with van der Waals surface area (Å²) in [5.41, 5.74) is 2.75. The first-order chi connectivity index (χ1) is 9.24. The molecule has 1 unspecified atom stereocenters. The van der Waals surface area contributed by atoms with Crippen molar-refractivity contribution in [2.75, 3.05) is 6.54 Å². The molecule has 0 saturated carbocycles. The average molecular weight is 262 g/mol. The van der Waals surface area contributed by atoms with Gasteiger partial charge in [0.1, 0.15) is 0 Å². The number of hydrogen-bond donors (Lipinski definition) is 1. The summed E-state index contributed by atoms with van der Waals surface area (Å²) < 4.78 is 0. The zero-order valence-corrected chi connectivity index (χ0v) is 13.1. The zero-order valence-electron chi connectivity index (χ0n) is 13.1. The molecule has 0 amide bonds. The highest BCUT2D eigenvalue weighted by Crippen LogP contribution is 2.31. The highest BCUT2D eigenvalue weighted by atomic mass is 14.9. The summed E-state index contributed by atoms with van der Waals surface area (Å²) in [5, 5.41) is 3.76. The summed E-state index contributed by atoms with van der Waals surface area (Å²) in [6, 6.07) is 2.60. The Hall–Kier alpha value is -0.890. The van der Waals surface area contributed by atoms with Crippen molar-refractivity contribution < 1.29 is 0 Å². The summed E-state index contributed by atoms with van der Waals surface area (Å²) in [6.45, 7) is 10.1. The maximum absolute atomic E-state index is 4.34. The van der Waals surface area contributed by atoms with Gasteiger partial charge in [-0.2, -0.15) is 0 Å². The Morgan fingerprint density at radius 1 is 1.11 bits per heavy atom. The largest absolute Gasteiger partial charge is 0.310 e. The molecule has 19 heavy (non-hydrogen) atoms. The lowest BCUT2D eigenvalue weighted by Gasteiger charge is -2.29. The lowest BCUT2D eigenvalue weighted by atomic mass is 9.85. The zero-order chi connectivity index (χ0) is 14.1. The molecule has 0 aliphatic carbocycles. The quantitative estimate of drug-likeness (QED) is 0.701. The van der Waals surface area contributed by atoms with E-state index in [0.29, 0.717) is 6.04 Å². The van der Waals surface area contributed by atoms with E-state index < -0.39 is 0 Å². The first kappa shape index (κ1) is 16.2. The van der Waals surface area contributed by atoms with E-state index in [1.807, 2.05) is 6.20 Å². The van der Waals surface area contributed by atoms with Gasteiger partial charge in [0.15, 0.2) is 0 Å². The van der Waals surface area contributed by atoms with Crippen LogP contribution >= 0.6 is 0 Å². The standard InChI is InChI=1S/C17H30N2/c1-5-8-15(9-6-2)17(19-11-7-3)16-13-18-12-10-14(16)4/h10,12-13,15,17,19H,5-9,11H2,1-4H3. The van der Waals surface area contributed by atoms with Crippen LogP contribution in [0.1, 0.15) is 70.0 Å². The van der Waals surface area contributed by atoms with E-state index in [0.717, 1.165) is 12.5 Å². The Morgan fingerprint density at radius 3 is 2.32 bits per heavy atom. The molecule has 0 aromatic carbocycles. The second kappa shape index (κ2) is 9.08. The minimum absolute atomic E-state index is 0.466. The van der Waals surface area contributed by atoms with E-state index in [9.17, 15) is 0 Å². The number of nitrogens with zero attached hydrogens (tertiary/aromatic N) is 1. The Bertz CT molecular complexity index is 343. The molecule has 0 fully saturated rings. The van der Waals surface area contributed by atoms with E-state index in [4.69, 9.17) is 0 Å². The van der Waals surface area contributed by atoms with Crippen LogP contribution in [0.4, 0.5) is 0 Å². The molecule has 0 aliphatic heterocycles. The predicted molar refractivity (Wildman–Crippen MR) is 83.3 cm³/mol. The Kier molecular flexibility index (Phi) is 7.73. The van der Waals surface area contributed by atoms with Crippen LogP contribution in [0.15, 0.2) is 18.5 Å². The summed E-state index contributed by atoms with van der Waals surface area (Å²) in [7, 11) is 0. The monoisotopic (exact) mass is 262 g/mol. The van der Waals surface area contributed by atoms with Gasteiger partial charge in [-0.1, -0.05) is 33.6 Å². The predicted octanol–water partition coefficient (Wildman–Crippen LogP) is 4.65. The van der Waals surface area contributed by atoms with Gasteiger partial charge in [0, 0.05) is 18.4 Å². The fourth-order valence-electron chi connectivity index (χ4n) is 2.85. The molecule has 0 radical (unpaired) electrons. The van der Waals surface area contributed by atoms with E-state index in [2.05, 4.69) is 50.3 Å². The second-order valence-corrected chi connectivity index (χ2v) is 5.50. The molecule has 2 heteroatoms. The van der Waals surface area contributed by atoms with Crippen molar-refractivity contribution in [1.82, 2.24) is 10.3 Å². The number of nitrogens with one attached hydrogen (secondary N) is 1. The van der Waals surface area contributed by atoms with Gasteiger partial charge in [-0.05, 0) is 55.8 Å². The molecule has 0 bridgehead atoms. The first-order valence-electron chi connectivity index (χ1n) is 7.88. The average Bonchev–Trinajstić information content (AvgIpc) is 2.41. The summed E-state index contributed by atoms with van der Waals surface area (Å²) in [4.78, 5) is 4.34. The van der Waals surface area contributed by atoms with Crippen molar-refractivity contribution in [1.29, 1.82) is 0 Å². The molecule has 0 spiro atoms. The fraction of sp³-hybridized carbons (Fsp3) is 0.706. The van der Waals surface area contributed by atoms with Crippen LogP contribution in [0.25, 0.3) is 0 Å². The number of aryl methyl sites for hydroxylation is 1. The lowest BCUT2D eigenvalue weighted by Crippen LogP contribution is -2.30. The maximum atomic E-state index is 4.34. The Labute approximate surface area is 119 Å². The molecule has 1 heterocycles. The highest BCUT2D eigenvalue weighted by Gasteiger charge is 2.22. The van der Waals surface area contributed by atoms with Gasteiger partial charge >= 0.3 is 0 Å². The van der Waals surface area contributed by atoms with Crippen LogP contribution < -0.4 is 5.32 Å². The number of hydrogen-bond acceptors (Lipinski definition) is 2. The van der Waals surface area contributed by atoms with Gasteiger partial charge in [0.25, 0.3) is 0 Å². The van der Waals surface area contributed by atoms with Gasteiger partial charge in [-0.15, -0.1) is 0 Å². The Morgan fingerprint density at radius 2 is 1.79 bits per heavy atom. The molecule has 108 valence electrons. The van der Waals surface area contributed by atoms with Crippen molar-refractivity contribution in [3.63, 3.8) is 0 Å². The number of pyridine rings is 1. The smallest absolute Gasteiger partial charge is 0.0366 e. The van der Waals surface area contributed by atoms with Crippen molar-refractivity contribution in [3.8, 4) is 0 Å². The van der Waals surface area contributed by atoms with Gasteiger partial charge in [0.2, 0.25) is 0 Å². The van der Waals surface area contributed by atoms with Crippen molar-refractivity contribution in [2.24, 2.45) is 5.92 Å². The molecule has 0 saturated heterocycles. The first-order valence-corrected chi connectivity index (χ1v) is 7.88. The third-order valence-electron chi connectivity index (χ3n) is 3.82. The van der Waals surface area contributed by atoms with Crippen LogP contribution in [0.3, 0.4) is 0 Å². The summed E-state index contributed by atoms with van der Waals surface area (Å²) in [6.07, 6.45) is 10.2. The molecule has 1 aromatic rings. The number of rotatable bonds is 9. The second-order valence-electron chi connectivity index (χ2n) is 5.50. The van der Waals surface area contributed by atoms with Crippen LogP contribution in [0, 0.1) is 12.8 Å². The molecule has 1 N–H and O–H groups in total. The fourth-order valence-corrected chi connectivity index (χ4v) is 2.85. The van der Waals surface area contributed by atoms with Crippen LogP contribution in [-0.2, 0) is 0 Å². The van der Waals surface area contributed by atoms with Gasteiger partial charge in [-0.3, -0.25) is 4.98 Å². The minimum Gasteiger partial charge on any atom is -0.310 e. The normalized spacial score (nSPS) is 12.9. The SMILES string of the molecule is CCCNC(c1cnccc1C)C(CCC)CCC. The van der Waals surface area contributed by atoms with E-state index in [-0.39, 0.29) is 0 Å². The molecule has 1 aromatic heterocycles. The molecule has 1 atom stereocenters. The molecule has 2 nitrogen and oxygen atoms in total. The van der Waals surface area contributed by atoms with E-state index in [1.54, 1.807) is 0 Å². The third kappa shape index (κ3) is 4.94. The van der Waals surface area contributed by atoms with Crippen molar-refractivity contribution in [2.45, 2.75) is 65.8 Å². The molecular weight excluding hydrogens is 232 g/mol. The van der Waals surface area contributed by atoms with Crippen molar-refractivity contribution >= 4 is 0 Å². The van der Waals surface area contributed by atoms with Crippen LogP contribution in [0.5, 0.6) is 0 Å². The molecule has 1 rings (SSSR count).